The molecule has 1 amide bonds. The second-order valence-corrected chi connectivity index (χ2v) is 9.85. The van der Waals surface area contributed by atoms with Crippen molar-refractivity contribution in [3.8, 4) is 0 Å². The zero-order chi connectivity index (χ0) is 15.0. The van der Waals surface area contributed by atoms with Gasteiger partial charge in [0, 0.05) is 18.7 Å². The van der Waals surface area contributed by atoms with Gasteiger partial charge in [0.15, 0.2) is 0 Å². The van der Waals surface area contributed by atoms with Gasteiger partial charge >= 0.3 is 0 Å². The van der Waals surface area contributed by atoms with Crippen molar-refractivity contribution in [3.05, 3.63) is 0 Å². The molecule has 5 unspecified atom stereocenters. The van der Waals surface area contributed by atoms with Crippen molar-refractivity contribution in [1.82, 2.24) is 5.32 Å². The van der Waals surface area contributed by atoms with Crippen LogP contribution >= 0.6 is 0 Å². The van der Waals surface area contributed by atoms with Crippen LogP contribution in [0.25, 0.3) is 0 Å². The van der Waals surface area contributed by atoms with Gasteiger partial charge in [0.2, 0.25) is 5.91 Å². The van der Waals surface area contributed by atoms with Crippen LogP contribution in [0.4, 0.5) is 0 Å². The van der Waals surface area contributed by atoms with E-state index in [-0.39, 0.29) is 17.2 Å². The van der Waals surface area contributed by atoms with Crippen molar-refractivity contribution >= 4 is 15.7 Å². The van der Waals surface area contributed by atoms with Crippen LogP contribution in [0, 0.1) is 17.8 Å². The maximum absolute atomic E-state index is 12.2. The highest BCUT2D eigenvalue weighted by molar-refractivity contribution is 7.91. The summed E-state index contributed by atoms with van der Waals surface area (Å²) in [5, 5.41) is 2.84. The molecule has 0 aliphatic heterocycles. The second-order valence-electron chi connectivity index (χ2n) is 7.52. The summed E-state index contributed by atoms with van der Waals surface area (Å²) in [6.07, 6.45) is 10.4. The van der Waals surface area contributed by atoms with E-state index in [1.54, 1.807) is 0 Å². The third kappa shape index (κ3) is 3.61. The molecule has 0 heterocycles. The fourth-order valence-corrected chi connectivity index (χ4v) is 5.99. The van der Waals surface area contributed by atoms with Crippen molar-refractivity contribution < 1.29 is 13.2 Å². The summed E-state index contributed by atoms with van der Waals surface area (Å²) in [4.78, 5) is 12.2. The number of sulfone groups is 1. The molecule has 3 aliphatic rings. The van der Waals surface area contributed by atoms with E-state index in [2.05, 4.69) is 5.32 Å². The van der Waals surface area contributed by atoms with Gasteiger partial charge < -0.3 is 5.32 Å². The van der Waals surface area contributed by atoms with Gasteiger partial charge in [0.05, 0.1) is 5.25 Å². The van der Waals surface area contributed by atoms with Crippen LogP contribution < -0.4 is 5.32 Å². The van der Waals surface area contributed by atoms with Crippen molar-refractivity contribution in [2.75, 3.05) is 6.26 Å². The summed E-state index contributed by atoms with van der Waals surface area (Å²) in [6.45, 7) is 0. The van der Waals surface area contributed by atoms with E-state index in [1.165, 1.54) is 31.9 Å². The Balaban J connectivity index is 1.48. The average Bonchev–Trinajstić information content (AvgIpc) is 3.00. The number of fused-ring (bicyclic) bond motifs is 2. The van der Waals surface area contributed by atoms with Gasteiger partial charge in [0.25, 0.3) is 0 Å². The van der Waals surface area contributed by atoms with Gasteiger partial charge in [-0.15, -0.1) is 0 Å². The summed E-state index contributed by atoms with van der Waals surface area (Å²) in [5.41, 5.74) is 0. The Morgan fingerprint density at radius 1 is 1.10 bits per heavy atom. The lowest BCUT2D eigenvalue weighted by Gasteiger charge is -2.29. The lowest BCUT2D eigenvalue weighted by Crippen LogP contribution is -2.42. The van der Waals surface area contributed by atoms with E-state index < -0.39 is 9.84 Å². The number of hydrogen-bond acceptors (Lipinski definition) is 3. The highest BCUT2D eigenvalue weighted by atomic mass is 32.2. The third-order valence-electron chi connectivity index (χ3n) is 5.93. The van der Waals surface area contributed by atoms with E-state index in [0.717, 1.165) is 31.1 Å². The average molecular weight is 313 g/mol. The van der Waals surface area contributed by atoms with Crippen LogP contribution in [0.5, 0.6) is 0 Å². The normalized spacial score (nSPS) is 39.4. The minimum Gasteiger partial charge on any atom is -0.353 e. The van der Waals surface area contributed by atoms with Crippen LogP contribution in [0.1, 0.15) is 57.8 Å². The molecule has 3 aliphatic carbocycles. The summed E-state index contributed by atoms with van der Waals surface area (Å²) >= 11 is 0. The summed E-state index contributed by atoms with van der Waals surface area (Å²) < 4.78 is 23.3. The molecule has 3 fully saturated rings. The predicted molar refractivity (Wildman–Crippen MR) is 82.6 cm³/mol. The van der Waals surface area contributed by atoms with Crippen LogP contribution in [0.2, 0.25) is 0 Å². The number of rotatable bonds is 4. The Morgan fingerprint density at radius 2 is 1.90 bits per heavy atom. The zero-order valence-electron chi connectivity index (χ0n) is 12.9. The van der Waals surface area contributed by atoms with E-state index in [9.17, 15) is 13.2 Å². The fraction of sp³-hybridized carbons (Fsp3) is 0.938. The number of amides is 1. The Bertz CT molecular complexity index is 502. The third-order valence-corrected chi connectivity index (χ3v) is 7.57. The molecule has 5 atom stereocenters. The molecular formula is C16H27NO3S. The van der Waals surface area contributed by atoms with Gasteiger partial charge in [-0.3, -0.25) is 4.79 Å². The Kier molecular flexibility index (Phi) is 4.30. The molecule has 0 aromatic carbocycles. The molecule has 0 aromatic heterocycles. The molecule has 0 radical (unpaired) electrons. The first-order chi connectivity index (χ1) is 9.91. The van der Waals surface area contributed by atoms with E-state index in [4.69, 9.17) is 0 Å². The fourth-order valence-electron chi connectivity index (χ4n) is 4.82. The summed E-state index contributed by atoms with van der Waals surface area (Å²) in [6, 6.07) is 0.0598. The van der Waals surface area contributed by atoms with Crippen molar-refractivity contribution in [2.45, 2.75) is 69.1 Å². The molecule has 21 heavy (non-hydrogen) atoms. The predicted octanol–water partition coefficient (Wildman–Crippen LogP) is 2.28. The Hall–Kier alpha value is -0.580. The molecule has 0 aromatic rings. The van der Waals surface area contributed by atoms with Gasteiger partial charge in [-0.2, -0.15) is 0 Å². The van der Waals surface area contributed by atoms with Crippen molar-refractivity contribution in [2.24, 2.45) is 17.8 Å². The van der Waals surface area contributed by atoms with Crippen LogP contribution in [-0.4, -0.2) is 31.9 Å². The second kappa shape index (κ2) is 5.90. The van der Waals surface area contributed by atoms with E-state index >= 15 is 0 Å². The summed E-state index contributed by atoms with van der Waals surface area (Å²) in [5.74, 6) is 2.37. The standard InChI is InChI=1S/C16H27NO3S/c1-21(19,20)15-4-2-3-14(10-15)17-16(18)9-13-8-11-5-6-12(13)7-11/h11-15H,2-10H2,1H3,(H,17,18). The maximum Gasteiger partial charge on any atom is 0.220 e. The van der Waals surface area contributed by atoms with Gasteiger partial charge in [-0.25, -0.2) is 8.42 Å². The topological polar surface area (TPSA) is 63.2 Å². The molecule has 0 saturated heterocycles. The molecule has 3 saturated carbocycles. The van der Waals surface area contributed by atoms with Crippen LogP contribution in [-0.2, 0) is 14.6 Å². The molecule has 2 bridgehead atoms. The Labute approximate surface area is 128 Å². The van der Waals surface area contributed by atoms with Gasteiger partial charge in [-0.05, 0) is 56.3 Å². The van der Waals surface area contributed by atoms with E-state index in [1.807, 2.05) is 0 Å². The molecule has 120 valence electrons. The lowest BCUT2D eigenvalue weighted by molar-refractivity contribution is -0.123. The highest BCUT2D eigenvalue weighted by Gasteiger charge is 2.40. The summed E-state index contributed by atoms with van der Waals surface area (Å²) in [7, 11) is -2.98. The minimum atomic E-state index is -2.98. The van der Waals surface area contributed by atoms with Crippen molar-refractivity contribution in [3.63, 3.8) is 0 Å². The highest BCUT2D eigenvalue weighted by Crippen LogP contribution is 2.49. The number of nitrogens with one attached hydrogen (secondary N) is 1. The Morgan fingerprint density at radius 3 is 2.52 bits per heavy atom. The molecular weight excluding hydrogens is 286 g/mol. The molecule has 1 N–H and O–H groups in total. The first-order valence-corrected chi connectivity index (χ1v) is 10.4. The largest absolute Gasteiger partial charge is 0.353 e. The van der Waals surface area contributed by atoms with Gasteiger partial charge in [0.1, 0.15) is 9.84 Å². The monoisotopic (exact) mass is 313 g/mol. The quantitative estimate of drug-likeness (QED) is 0.866. The molecule has 5 heteroatoms. The molecule has 3 rings (SSSR count). The number of hydrogen-bond donors (Lipinski definition) is 1. The molecule has 0 spiro atoms. The SMILES string of the molecule is CS(=O)(=O)C1CCCC(NC(=O)CC2CC3CCC2C3)C1. The maximum atomic E-state index is 12.2. The van der Waals surface area contributed by atoms with E-state index in [0.29, 0.717) is 18.8 Å². The smallest absolute Gasteiger partial charge is 0.220 e. The van der Waals surface area contributed by atoms with Crippen LogP contribution in [0.3, 0.4) is 0 Å². The van der Waals surface area contributed by atoms with Crippen molar-refractivity contribution in [1.29, 1.82) is 0 Å². The van der Waals surface area contributed by atoms with Crippen LogP contribution in [0.15, 0.2) is 0 Å². The number of carbonyl (C=O) groups is 1. The first-order valence-electron chi connectivity index (χ1n) is 8.40. The first kappa shape index (κ1) is 15.3. The zero-order valence-corrected chi connectivity index (χ0v) is 13.7. The number of carbonyl (C=O) groups excluding carboxylic acids is 1. The van der Waals surface area contributed by atoms with Gasteiger partial charge in [-0.1, -0.05) is 12.8 Å². The lowest BCUT2D eigenvalue weighted by atomic mass is 9.86. The molecule has 4 nitrogen and oxygen atoms in total. The minimum absolute atomic E-state index is 0.0598.